The van der Waals surface area contributed by atoms with Crippen LogP contribution in [0.5, 0.6) is 0 Å². The van der Waals surface area contributed by atoms with Crippen LogP contribution in [-0.2, 0) is 13.0 Å². The van der Waals surface area contributed by atoms with Crippen molar-refractivity contribution in [3.05, 3.63) is 28.9 Å². The summed E-state index contributed by atoms with van der Waals surface area (Å²) in [5, 5.41) is 1.94. The summed E-state index contributed by atoms with van der Waals surface area (Å²) in [7, 11) is 0. The highest BCUT2D eigenvalue weighted by Crippen LogP contribution is 2.44. The van der Waals surface area contributed by atoms with Crippen molar-refractivity contribution >= 4 is 37.9 Å². The molecular formula is C18H24N4S2. The minimum atomic E-state index is 0.577. The largest absolute Gasteiger partial charge is 0.390 e. The number of rotatable bonds is 2. The van der Waals surface area contributed by atoms with Crippen LogP contribution in [0.15, 0.2) is 18.5 Å². The van der Waals surface area contributed by atoms with Crippen LogP contribution in [0.4, 0.5) is 5.00 Å². The topological polar surface area (TPSA) is 55.0 Å². The molecule has 1 aliphatic rings. The normalized spacial score (nSPS) is 14.5. The highest BCUT2D eigenvalue weighted by atomic mass is 32.1. The van der Waals surface area contributed by atoms with Gasteiger partial charge in [-0.1, -0.05) is 13.8 Å². The molecule has 4 heterocycles. The molecule has 0 spiro atoms. The van der Waals surface area contributed by atoms with Gasteiger partial charge in [0.25, 0.3) is 0 Å². The molecule has 2 N–H and O–H groups in total. The summed E-state index contributed by atoms with van der Waals surface area (Å²) in [4.78, 5) is 12.8. The zero-order valence-corrected chi connectivity index (χ0v) is 16.3. The molecule has 0 saturated carbocycles. The van der Waals surface area contributed by atoms with E-state index in [1.54, 1.807) is 22.7 Å². The molecule has 0 aromatic carbocycles. The first-order chi connectivity index (χ1) is 11.6. The molecule has 3 aromatic rings. The molecule has 4 rings (SSSR count). The van der Waals surface area contributed by atoms with Gasteiger partial charge in [-0.05, 0) is 31.9 Å². The van der Waals surface area contributed by atoms with E-state index < -0.39 is 0 Å². The molecule has 0 radical (unpaired) electrons. The Bertz CT molecular complexity index is 802. The van der Waals surface area contributed by atoms with Crippen LogP contribution in [0.25, 0.3) is 20.8 Å². The average Bonchev–Trinajstić information content (AvgIpc) is 3.15. The number of hydrogen-bond donors (Lipinski definition) is 1. The van der Waals surface area contributed by atoms with Gasteiger partial charge in [0.15, 0.2) is 0 Å². The lowest BCUT2D eigenvalue weighted by molar-refractivity contribution is 0.206. The van der Waals surface area contributed by atoms with Crippen molar-refractivity contribution in [3.63, 3.8) is 0 Å². The molecule has 6 heteroatoms. The summed E-state index contributed by atoms with van der Waals surface area (Å²) >= 11 is 3.44. The molecule has 0 bridgehead atoms. The van der Waals surface area contributed by atoms with E-state index in [1.807, 2.05) is 32.3 Å². The lowest BCUT2D eigenvalue weighted by Gasteiger charge is -2.30. The fourth-order valence-corrected chi connectivity index (χ4v) is 5.24. The SMILES string of the molecule is CC.CC(C)N1CCc2c(sc(N)c2-c2nc3cnccc3s2)C1. The van der Waals surface area contributed by atoms with Gasteiger partial charge in [-0.2, -0.15) is 0 Å². The molecule has 0 saturated heterocycles. The third kappa shape index (κ3) is 3.06. The van der Waals surface area contributed by atoms with Crippen LogP contribution in [0.2, 0.25) is 0 Å². The Kier molecular flexibility index (Phi) is 5.18. The van der Waals surface area contributed by atoms with E-state index in [0.29, 0.717) is 6.04 Å². The standard InChI is InChI=1S/C16H18N4S2.C2H6/c1-9(2)20-6-4-10-13(8-20)21-15(17)14(10)16-19-11-7-18-5-3-12(11)22-16;1-2/h3,5,7,9H,4,6,8,17H2,1-2H3;1-2H3. The van der Waals surface area contributed by atoms with Crippen molar-refractivity contribution in [1.82, 2.24) is 14.9 Å². The zero-order chi connectivity index (χ0) is 17.3. The summed E-state index contributed by atoms with van der Waals surface area (Å²) in [5.74, 6) is 0. The summed E-state index contributed by atoms with van der Waals surface area (Å²) < 4.78 is 1.17. The number of fused-ring (bicyclic) bond motifs is 2. The number of pyridine rings is 1. The second-order valence-corrected chi connectivity index (χ2v) is 8.09. The number of aromatic nitrogens is 2. The Morgan fingerprint density at radius 2 is 2.04 bits per heavy atom. The Labute approximate surface area is 151 Å². The summed E-state index contributed by atoms with van der Waals surface area (Å²) in [6, 6.07) is 2.60. The van der Waals surface area contributed by atoms with Crippen LogP contribution < -0.4 is 5.73 Å². The molecule has 0 atom stereocenters. The highest BCUT2D eigenvalue weighted by molar-refractivity contribution is 7.22. The second-order valence-electron chi connectivity index (χ2n) is 5.92. The van der Waals surface area contributed by atoms with Gasteiger partial charge >= 0.3 is 0 Å². The predicted molar refractivity (Wildman–Crippen MR) is 106 cm³/mol. The first-order valence-electron chi connectivity index (χ1n) is 8.48. The third-order valence-corrected chi connectivity index (χ3v) is 6.35. The number of nitrogen functional groups attached to an aromatic ring is 1. The van der Waals surface area contributed by atoms with Crippen LogP contribution >= 0.6 is 22.7 Å². The Morgan fingerprint density at radius 1 is 1.25 bits per heavy atom. The summed E-state index contributed by atoms with van der Waals surface area (Å²) in [5.41, 5.74) is 9.89. The van der Waals surface area contributed by atoms with Gasteiger partial charge in [-0.15, -0.1) is 22.7 Å². The lowest BCUT2D eigenvalue weighted by atomic mass is 10.0. The van der Waals surface area contributed by atoms with E-state index >= 15 is 0 Å². The van der Waals surface area contributed by atoms with Gasteiger partial charge in [0.05, 0.1) is 15.9 Å². The van der Waals surface area contributed by atoms with Crippen LogP contribution in [0.1, 0.15) is 38.1 Å². The number of thiophene rings is 1. The molecule has 0 amide bonds. The van der Waals surface area contributed by atoms with Crippen molar-refractivity contribution in [2.24, 2.45) is 0 Å². The van der Waals surface area contributed by atoms with E-state index in [2.05, 4.69) is 23.7 Å². The zero-order valence-electron chi connectivity index (χ0n) is 14.7. The minimum absolute atomic E-state index is 0.577. The molecule has 4 nitrogen and oxygen atoms in total. The van der Waals surface area contributed by atoms with Gasteiger partial charge < -0.3 is 5.73 Å². The maximum absolute atomic E-state index is 6.35. The number of anilines is 1. The fraction of sp³-hybridized carbons (Fsp3) is 0.444. The molecule has 1 aliphatic heterocycles. The Hall–Kier alpha value is -1.50. The van der Waals surface area contributed by atoms with Crippen molar-refractivity contribution < 1.29 is 0 Å². The molecule has 0 aliphatic carbocycles. The second kappa shape index (κ2) is 7.17. The van der Waals surface area contributed by atoms with Crippen molar-refractivity contribution in [2.75, 3.05) is 12.3 Å². The Balaban J connectivity index is 0.000000815. The van der Waals surface area contributed by atoms with E-state index in [4.69, 9.17) is 10.7 Å². The number of hydrogen-bond acceptors (Lipinski definition) is 6. The minimum Gasteiger partial charge on any atom is -0.390 e. The third-order valence-electron chi connectivity index (χ3n) is 4.25. The monoisotopic (exact) mass is 360 g/mol. The number of thiazole rings is 1. The van der Waals surface area contributed by atoms with Crippen LogP contribution in [0.3, 0.4) is 0 Å². The molecular weight excluding hydrogens is 336 g/mol. The quantitative estimate of drug-likeness (QED) is 0.713. The van der Waals surface area contributed by atoms with Gasteiger partial charge in [0.1, 0.15) is 10.5 Å². The Morgan fingerprint density at radius 3 is 2.75 bits per heavy atom. The average molecular weight is 361 g/mol. The maximum atomic E-state index is 6.35. The smallest absolute Gasteiger partial charge is 0.127 e. The number of nitrogens with zero attached hydrogens (tertiary/aromatic N) is 3. The highest BCUT2D eigenvalue weighted by Gasteiger charge is 2.26. The van der Waals surface area contributed by atoms with Crippen LogP contribution in [0, 0.1) is 0 Å². The first-order valence-corrected chi connectivity index (χ1v) is 10.1. The van der Waals surface area contributed by atoms with Crippen molar-refractivity contribution in [3.8, 4) is 10.6 Å². The lowest BCUT2D eigenvalue weighted by Crippen LogP contribution is -2.35. The number of nitrogens with two attached hydrogens (primary N) is 1. The van der Waals surface area contributed by atoms with Crippen LogP contribution in [-0.4, -0.2) is 27.5 Å². The first kappa shape index (κ1) is 17.3. The molecule has 128 valence electrons. The van der Waals surface area contributed by atoms with Crippen molar-refractivity contribution in [1.29, 1.82) is 0 Å². The van der Waals surface area contributed by atoms with Gasteiger partial charge in [-0.3, -0.25) is 9.88 Å². The summed E-state index contributed by atoms with van der Waals surface area (Å²) in [6.07, 6.45) is 4.70. The summed E-state index contributed by atoms with van der Waals surface area (Å²) in [6.45, 7) is 10.6. The molecule has 3 aromatic heterocycles. The van der Waals surface area contributed by atoms with Gasteiger partial charge in [0, 0.05) is 35.8 Å². The maximum Gasteiger partial charge on any atom is 0.127 e. The van der Waals surface area contributed by atoms with E-state index in [-0.39, 0.29) is 0 Å². The fourth-order valence-electron chi connectivity index (χ4n) is 3.01. The predicted octanol–water partition coefficient (Wildman–Crippen LogP) is 4.79. The van der Waals surface area contributed by atoms with Gasteiger partial charge in [-0.25, -0.2) is 4.98 Å². The van der Waals surface area contributed by atoms with Crippen molar-refractivity contribution in [2.45, 2.75) is 46.7 Å². The van der Waals surface area contributed by atoms with E-state index in [0.717, 1.165) is 35.0 Å². The molecule has 24 heavy (non-hydrogen) atoms. The van der Waals surface area contributed by atoms with E-state index in [9.17, 15) is 0 Å². The van der Waals surface area contributed by atoms with Gasteiger partial charge in [0.2, 0.25) is 0 Å². The van der Waals surface area contributed by atoms with E-state index in [1.165, 1.54) is 20.7 Å². The molecule has 0 fully saturated rings. The molecule has 0 unspecified atom stereocenters.